The third-order valence-corrected chi connectivity index (χ3v) is 6.31. The molecule has 1 aliphatic heterocycles. The standard InChI is InChI=1S/C24H27N3O3/c1-23(2)12-11-15-7-4-5-10-18(15)19(14-23)25-20(28)16-8-6-9-17(13-16)24(3)21(29)26-22(30)27-24/h4-10,13,19H,11-12,14H2,1-3H3,(H,25,28)(H2,26,27,29,30). The van der Waals surface area contributed by atoms with Gasteiger partial charge in [0.05, 0.1) is 6.04 Å². The van der Waals surface area contributed by atoms with Crippen LogP contribution in [0.2, 0.25) is 0 Å². The van der Waals surface area contributed by atoms with Gasteiger partial charge in [0, 0.05) is 5.56 Å². The quantitative estimate of drug-likeness (QED) is 0.539. The first-order valence-corrected chi connectivity index (χ1v) is 10.3. The van der Waals surface area contributed by atoms with Crippen LogP contribution >= 0.6 is 0 Å². The second kappa shape index (κ2) is 7.27. The Balaban J connectivity index is 1.61. The number of imide groups is 1. The molecule has 156 valence electrons. The third kappa shape index (κ3) is 3.70. The largest absolute Gasteiger partial charge is 0.345 e. The molecule has 0 bridgehead atoms. The summed E-state index contributed by atoms with van der Waals surface area (Å²) < 4.78 is 0. The van der Waals surface area contributed by atoms with Crippen LogP contribution in [-0.4, -0.2) is 17.8 Å². The second-order valence-electron chi connectivity index (χ2n) is 9.21. The van der Waals surface area contributed by atoms with Crippen LogP contribution in [0.4, 0.5) is 4.79 Å². The molecule has 0 saturated carbocycles. The van der Waals surface area contributed by atoms with Gasteiger partial charge in [0.2, 0.25) is 0 Å². The molecule has 6 heteroatoms. The number of hydrogen-bond donors (Lipinski definition) is 3. The van der Waals surface area contributed by atoms with Crippen molar-refractivity contribution in [3.8, 4) is 0 Å². The highest BCUT2D eigenvalue weighted by Crippen LogP contribution is 2.39. The van der Waals surface area contributed by atoms with E-state index < -0.39 is 17.5 Å². The Kier molecular flexibility index (Phi) is 4.88. The molecule has 6 nitrogen and oxygen atoms in total. The fourth-order valence-corrected chi connectivity index (χ4v) is 4.43. The predicted octanol–water partition coefficient (Wildman–Crippen LogP) is 3.57. The first-order valence-electron chi connectivity index (χ1n) is 10.3. The van der Waals surface area contributed by atoms with Gasteiger partial charge < -0.3 is 10.6 Å². The highest BCUT2D eigenvalue weighted by atomic mass is 16.2. The SMILES string of the molecule is CC1(C)CCc2ccccc2C(NC(=O)c2cccc(C3(C)NC(=O)NC3=O)c2)C1. The summed E-state index contributed by atoms with van der Waals surface area (Å²) in [5, 5.41) is 8.11. The Morgan fingerprint density at radius 1 is 1.07 bits per heavy atom. The molecule has 2 aliphatic rings. The molecule has 0 spiro atoms. The number of aryl methyl sites for hydroxylation is 1. The lowest BCUT2D eigenvalue weighted by atomic mass is 9.83. The van der Waals surface area contributed by atoms with Crippen molar-refractivity contribution < 1.29 is 14.4 Å². The van der Waals surface area contributed by atoms with Crippen molar-refractivity contribution >= 4 is 17.8 Å². The van der Waals surface area contributed by atoms with Crippen LogP contribution in [-0.2, 0) is 16.8 Å². The molecule has 1 saturated heterocycles. The number of urea groups is 1. The topological polar surface area (TPSA) is 87.3 Å². The van der Waals surface area contributed by atoms with E-state index in [4.69, 9.17) is 0 Å². The van der Waals surface area contributed by atoms with Crippen molar-refractivity contribution in [2.24, 2.45) is 5.41 Å². The molecular weight excluding hydrogens is 378 g/mol. The molecule has 1 aliphatic carbocycles. The molecule has 2 aromatic carbocycles. The molecule has 2 unspecified atom stereocenters. The Bertz CT molecular complexity index is 1030. The number of hydrogen-bond acceptors (Lipinski definition) is 3. The molecule has 4 rings (SSSR count). The van der Waals surface area contributed by atoms with Crippen LogP contribution in [0.3, 0.4) is 0 Å². The van der Waals surface area contributed by atoms with Gasteiger partial charge in [-0.3, -0.25) is 14.9 Å². The molecular formula is C24H27N3O3. The zero-order valence-corrected chi connectivity index (χ0v) is 17.5. The van der Waals surface area contributed by atoms with Gasteiger partial charge in [-0.1, -0.05) is 50.2 Å². The fraction of sp³-hybridized carbons (Fsp3) is 0.375. The summed E-state index contributed by atoms with van der Waals surface area (Å²) in [6.45, 7) is 6.11. The van der Waals surface area contributed by atoms with Crippen molar-refractivity contribution in [3.63, 3.8) is 0 Å². The minimum Gasteiger partial charge on any atom is -0.345 e. The summed E-state index contributed by atoms with van der Waals surface area (Å²) in [5.41, 5.74) is 2.40. The maximum absolute atomic E-state index is 13.2. The molecule has 2 aromatic rings. The van der Waals surface area contributed by atoms with E-state index in [1.165, 1.54) is 11.1 Å². The Morgan fingerprint density at radius 3 is 2.57 bits per heavy atom. The number of benzene rings is 2. The summed E-state index contributed by atoms with van der Waals surface area (Å²) >= 11 is 0. The number of carbonyl (C=O) groups is 3. The van der Waals surface area contributed by atoms with E-state index in [-0.39, 0.29) is 17.4 Å². The zero-order chi connectivity index (χ0) is 21.5. The van der Waals surface area contributed by atoms with Gasteiger partial charge in [-0.25, -0.2) is 4.79 Å². The summed E-state index contributed by atoms with van der Waals surface area (Å²) in [6.07, 6.45) is 2.92. The van der Waals surface area contributed by atoms with Crippen LogP contribution in [0.15, 0.2) is 48.5 Å². The van der Waals surface area contributed by atoms with Crippen molar-refractivity contribution in [1.29, 1.82) is 0 Å². The predicted molar refractivity (Wildman–Crippen MR) is 114 cm³/mol. The van der Waals surface area contributed by atoms with Gasteiger partial charge in [-0.2, -0.15) is 0 Å². The van der Waals surface area contributed by atoms with Crippen LogP contribution in [0, 0.1) is 5.41 Å². The Morgan fingerprint density at radius 2 is 1.83 bits per heavy atom. The minimum atomic E-state index is -1.19. The van der Waals surface area contributed by atoms with Crippen molar-refractivity contribution in [3.05, 3.63) is 70.8 Å². The van der Waals surface area contributed by atoms with E-state index in [2.05, 4.69) is 41.9 Å². The molecule has 0 aromatic heterocycles. The smallest absolute Gasteiger partial charge is 0.322 e. The van der Waals surface area contributed by atoms with Crippen molar-refractivity contribution in [2.75, 3.05) is 0 Å². The van der Waals surface area contributed by atoms with Gasteiger partial charge in [-0.05, 0) is 60.4 Å². The van der Waals surface area contributed by atoms with Crippen molar-refractivity contribution in [2.45, 2.75) is 51.6 Å². The summed E-state index contributed by atoms with van der Waals surface area (Å²) in [4.78, 5) is 37.0. The fourth-order valence-electron chi connectivity index (χ4n) is 4.43. The molecule has 0 radical (unpaired) electrons. The second-order valence-corrected chi connectivity index (χ2v) is 9.21. The lowest BCUT2D eigenvalue weighted by molar-refractivity contribution is -0.123. The molecule has 3 N–H and O–H groups in total. The van der Waals surface area contributed by atoms with Gasteiger partial charge in [0.15, 0.2) is 0 Å². The lowest BCUT2D eigenvalue weighted by Crippen LogP contribution is -2.40. The van der Waals surface area contributed by atoms with E-state index in [1.807, 2.05) is 12.1 Å². The monoisotopic (exact) mass is 405 g/mol. The van der Waals surface area contributed by atoms with E-state index in [9.17, 15) is 14.4 Å². The average Bonchev–Trinajstić information content (AvgIpc) is 2.90. The number of carbonyl (C=O) groups excluding carboxylic acids is 3. The lowest BCUT2D eigenvalue weighted by Gasteiger charge is -2.28. The summed E-state index contributed by atoms with van der Waals surface area (Å²) in [5.74, 6) is -0.618. The number of amides is 4. The average molecular weight is 405 g/mol. The molecule has 4 amide bonds. The maximum Gasteiger partial charge on any atom is 0.322 e. The first kappa shape index (κ1) is 20.1. The van der Waals surface area contributed by atoms with E-state index in [0.717, 1.165) is 19.3 Å². The molecule has 1 heterocycles. The van der Waals surface area contributed by atoms with Gasteiger partial charge in [0.25, 0.3) is 11.8 Å². The number of rotatable bonds is 3. The van der Waals surface area contributed by atoms with Gasteiger partial charge in [-0.15, -0.1) is 0 Å². The third-order valence-electron chi connectivity index (χ3n) is 6.31. The molecule has 2 atom stereocenters. The van der Waals surface area contributed by atoms with Crippen LogP contribution in [0.5, 0.6) is 0 Å². The summed E-state index contributed by atoms with van der Waals surface area (Å²) in [6, 6.07) is 14.6. The number of fused-ring (bicyclic) bond motifs is 1. The van der Waals surface area contributed by atoms with Crippen LogP contribution < -0.4 is 16.0 Å². The highest BCUT2D eigenvalue weighted by molar-refractivity contribution is 6.07. The number of nitrogens with one attached hydrogen (secondary N) is 3. The zero-order valence-electron chi connectivity index (χ0n) is 17.5. The Labute approximate surface area is 176 Å². The molecule has 30 heavy (non-hydrogen) atoms. The minimum absolute atomic E-state index is 0.0834. The Hall–Kier alpha value is -3.15. The first-order chi connectivity index (χ1) is 14.2. The summed E-state index contributed by atoms with van der Waals surface area (Å²) in [7, 11) is 0. The van der Waals surface area contributed by atoms with E-state index in [0.29, 0.717) is 11.1 Å². The van der Waals surface area contributed by atoms with E-state index in [1.54, 1.807) is 31.2 Å². The van der Waals surface area contributed by atoms with Gasteiger partial charge in [0.1, 0.15) is 5.54 Å². The van der Waals surface area contributed by atoms with Gasteiger partial charge >= 0.3 is 6.03 Å². The van der Waals surface area contributed by atoms with E-state index >= 15 is 0 Å². The maximum atomic E-state index is 13.2. The van der Waals surface area contributed by atoms with Crippen LogP contribution in [0.25, 0.3) is 0 Å². The highest BCUT2D eigenvalue weighted by Gasteiger charge is 2.43. The molecule has 1 fully saturated rings. The van der Waals surface area contributed by atoms with Crippen LogP contribution in [0.1, 0.15) is 66.7 Å². The normalized spacial score (nSPS) is 25.0. The van der Waals surface area contributed by atoms with Crippen molar-refractivity contribution in [1.82, 2.24) is 16.0 Å².